The predicted molar refractivity (Wildman–Crippen MR) is 87.1 cm³/mol. The lowest BCUT2D eigenvalue weighted by Gasteiger charge is -2.39. The molecule has 6 nitrogen and oxygen atoms in total. The van der Waals surface area contributed by atoms with Crippen molar-refractivity contribution in [2.75, 3.05) is 6.61 Å². The summed E-state index contributed by atoms with van der Waals surface area (Å²) < 4.78 is 0. The Morgan fingerprint density at radius 2 is 1.65 bits per heavy atom. The minimum atomic E-state index is -0.738. The molecule has 2 aliphatic carbocycles. The molecule has 6 heteroatoms. The summed E-state index contributed by atoms with van der Waals surface area (Å²) in [5.74, 6) is -0.700. The van der Waals surface area contributed by atoms with E-state index in [1.165, 1.54) is 6.42 Å². The van der Waals surface area contributed by atoms with Gasteiger partial charge in [-0.05, 0) is 51.4 Å². The second-order valence-electron chi connectivity index (χ2n) is 7.40. The number of amides is 2. The molecule has 0 aromatic heterocycles. The summed E-state index contributed by atoms with van der Waals surface area (Å²) in [6, 6.07) is -0.217. The van der Waals surface area contributed by atoms with E-state index >= 15 is 0 Å². The van der Waals surface area contributed by atoms with E-state index in [0.717, 1.165) is 25.7 Å². The van der Waals surface area contributed by atoms with Gasteiger partial charge in [0.15, 0.2) is 0 Å². The third-order valence-electron chi connectivity index (χ3n) is 5.65. The van der Waals surface area contributed by atoms with Crippen LogP contribution in [0.4, 0.5) is 4.79 Å². The van der Waals surface area contributed by atoms with Gasteiger partial charge < -0.3 is 20.8 Å². The van der Waals surface area contributed by atoms with Gasteiger partial charge in [0.05, 0.1) is 18.1 Å². The first-order valence-corrected chi connectivity index (χ1v) is 8.87. The highest BCUT2D eigenvalue weighted by molar-refractivity contribution is 5.75. The molecular weight excluding hydrogens is 296 g/mol. The lowest BCUT2D eigenvalue weighted by atomic mass is 9.76. The van der Waals surface area contributed by atoms with Gasteiger partial charge >= 0.3 is 12.0 Å². The van der Waals surface area contributed by atoms with Crippen LogP contribution in [-0.2, 0) is 4.79 Å². The fourth-order valence-electron chi connectivity index (χ4n) is 3.98. The summed E-state index contributed by atoms with van der Waals surface area (Å²) in [4.78, 5) is 23.3. The van der Waals surface area contributed by atoms with Crippen LogP contribution in [0.25, 0.3) is 0 Å². The van der Waals surface area contributed by atoms with Gasteiger partial charge in [-0.2, -0.15) is 0 Å². The second kappa shape index (κ2) is 7.99. The summed E-state index contributed by atoms with van der Waals surface area (Å²) in [6.45, 7) is 1.86. The highest BCUT2D eigenvalue weighted by atomic mass is 16.4. The minimum Gasteiger partial charge on any atom is -0.481 e. The highest BCUT2D eigenvalue weighted by Crippen LogP contribution is 2.32. The fourth-order valence-corrected chi connectivity index (χ4v) is 3.98. The molecule has 4 N–H and O–H groups in total. The van der Waals surface area contributed by atoms with Crippen LogP contribution in [-0.4, -0.2) is 40.4 Å². The molecule has 0 spiro atoms. The number of rotatable bonds is 5. The van der Waals surface area contributed by atoms with Crippen LogP contribution >= 0.6 is 0 Å². The van der Waals surface area contributed by atoms with Crippen molar-refractivity contribution in [3.63, 3.8) is 0 Å². The maximum Gasteiger partial charge on any atom is 0.315 e. The lowest BCUT2D eigenvalue weighted by Crippen LogP contribution is -2.58. The molecule has 0 heterocycles. The molecule has 0 aromatic rings. The largest absolute Gasteiger partial charge is 0.481 e. The van der Waals surface area contributed by atoms with Crippen LogP contribution in [0.15, 0.2) is 0 Å². The van der Waals surface area contributed by atoms with Crippen LogP contribution in [0.5, 0.6) is 0 Å². The van der Waals surface area contributed by atoms with Crippen LogP contribution < -0.4 is 10.6 Å². The zero-order chi connectivity index (χ0) is 16.9. The molecule has 132 valence electrons. The first-order valence-electron chi connectivity index (χ1n) is 8.87. The van der Waals surface area contributed by atoms with Crippen molar-refractivity contribution in [2.24, 2.45) is 11.8 Å². The molecule has 0 aromatic carbocycles. The van der Waals surface area contributed by atoms with Gasteiger partial charge in [0.2, 0.25) is 0 Å². The van der Waals surface area contributed by atoms with Gasteiger partial charge in [-0.1, -0.05) is 19.3 Å². The zero-order valence-electron chi connectivity index (χ0n) is 14.0. The number of urea groups is 1. The number of hydrogen-bond donors (Lipinski definition) is 4. The Kier molecular flexibility index (Phi) is 6.27. The van der Waals surface area contributed by atoms with Gasteiger partial charge in [-0.3, -0.25) is 4.79 Å². The average molecular weight is 326 g/mol. The molecular formula is C17H30N2O4. The lowest BCUT2D eigenvalue weighted by molar-refractivity contribution is -0.142. The molecule has 1 atom stereocenters. The highest BCUT2D eigenvalue weighted by Gasteiger charge is 2.36. The smallest absolute Gasteiger partial charge is 0.315 e. The summed E-state index contributed by atoms with van der Waals surface area (Å²) in [7, 11) is 0. The van der Waals surface area contributed by atoms with Crippen molar-refractivity contribution in [3.8, 4) is 0 Å². The van der Waals surface area contributed by atoms with Crippen LogP contribution in [0.1, 0.15) is 64.7 Å². The van der Waals surface area contributed by atoms with Crippen molar-refractivity contribution in [3.05, 3.63) is 0 Å². The monoisotopic (exact) mass is 326 g/mol. The summed E-state index contributed by atoms with van der Waals surface area (Å²) in [6.07, 6.45) is 8.25. The van der Waals surface area contributed by atoms with Crippen LogP contribution in [0, 0.1) is 11.8 Å². The minimum absolute atomic E-state index is 0.0277. The van der Waals surface area contributed by atoms with Crippen LogP contribution in [0.2, 0.25) is 0 Å². The Bertz CT molecular complexity index is 415. The quantitative estimate of drug-likeness (QED) is 0.623. The number of aliphatic hydroxyl groups excluding tert-OH is 1. The summed E-state index contributed by atoms with van der Waals surface area (Å²) in [5, 5.41) is 24.7. The van der Waals surface area contributed by atoms with Gasteiger partial charge in [0, 0.05) is 6.04 Å². The summed E-state index contributed by atoms with van der Waals surface area (Å²) >= 11 is 0. The topological polar surface area (TPSA) is 98.7 Å². The SMILES string of the molecule is CC(CO)(NC(=O)NC1CCC(C(=O)O)CC1)C1CCCCC1. The molecule has 0 radical (unpaired) electrons. The van der Waals surface area contributed by atoms with Crippen molar-refractivity contribution in [2.45, 2.75) is 76.3 Å². The van der Waals surface area contributed by atoms with Crippen LogP contribution in [0.3, 0.4) is 0 Å². The second-order valence-corrected chi connectivity index (χ2v) is 7.40. The Balaban J connectivity index is 1.82. The maximum atomic E-state index is 12.3. The number of aliphatic hydroxyl groups is 1. The fraction of sp³-hybridized carbons (Fsp3) is 0.882. The van der Waals surface area contributed by atoms with E-state index in [2.05, 4.69) is 10.6 Å². The molecule has 1 unspecified atom stereocenters. The number of carbonyl (C=O) groups excluding carboxylic acids is 1. The first-order chi connectivity index (χ1) is 10.9. The van der Waals surface area contributed by atoms with E-state index in [9.17, 15) is 14.7 Å². The first kappa shape index (κ1) is 18.0. The molecule has 2 aliphatic rings. The van der Waals surface area contributed by atoms with Crippen molar-refractivity contribution in [1.29, 1.82) is 0 Å². The van der Waals surface area contributed by atoms with E-state index in [4.69, 9.17) is 5.11 Å². The molecule has 0 saturated heterocycles. The Labute approximate surface area is 138 Å². The number of nitrogens with one attached hydrogen (secondary N) is 2. The Hall–Kier alpha value is -1.30. The van der Waals surface area contributed by atoms with Gasteiger partial charge in [0.25, 0.3) is 0 Å². The van der Waals surface area contributed by atoms with Gasteiger partial charge in [0.1, 0.15) is 0 Å². The summed E-state index contributed by atoms with van der Waals surface area (Å²) in [5.41, 5.74) is -0.581. The van der Waals surface area contributed by atoms with Gasteiger partial charge in [-0.15, -0.1) is 0 Å². The molecule has 2 amide bonds. The molecule has 2 rings (SSSR count). The molecule has 23 heavy (non-hydrogen) atoms. The average Bonchev–Trinajstić information content (AvgIpc) is 2.56. The van der Waals surface area contributed by atoms with E-state index in [1.54, 1.807) is 0 Å². The Morgan fingerprint density at radius 1 is 1.04 bits per heavy atom. The van der Waals surface area contributed by atoms with E-state index in [-0.39, 0.29) is 24.6 Å². The third-order valence-corrected chi connectivity index (χ3v) is 5.65. The number of carboxylic acid groups (broad SMARTS) is 1. The number of carboxylic acids is 1. The van der Waals surface area contributed by atoms with Crippen molar-refractivity contribution < 1.29 is 19.8 Å². The number of hydrogen-bond acceptors (Lipinski definition) is 3. The Morgan fingerprint density at radius 3 is 2.17 bits per heavy atom. The zero-order valence-corrected chi connectivity index (χ0v) is 14.0. The maximum absolute atomic E-state index is 12.3. The molecule has 0 aliphatic heterocycles. The molecule has 0 bridgehead atoms. The van der Waals surface area contributed by atoms with E-state index in [0.29, 0.717) is 31.6 Å². The molecule has 2 saturated carbocycles. The third kappa shape index (κ3) is 4.83. The van der Waals surface area contributed by atoms with E-state index < -0.39 is 11.5 Å². The number of carbonyl (C=O) groups is 2. The normalized spacial score (nSPS) is 28.6. The van der Waals surface area contributed by atoms with Crippen molar-refractivity contribution in [1.82, 2.24) is 10.6 Å². The van der Waals surface area contributed by atoms with E-state index in [1.807, 2.05) is 6.92 Å². The van der Waals surface area contributed by atoms with Gasteiger partial charge in [-0.25, -0.2) is 4.79 Å². The number of aliphatic carboxylic acids is 1. The predicted octanol–water partition coefficient (Wildman–Crippen LogP) is 2.26. The van der Waals surface area contributed by atoms with Crippen molar-refractivity contribution >= 4 is 12.0 Å². The molecule has 2 fully saturated rings. The standard InChI is InChI=1S/C17H30N2O4/c1-17(11-20,13-5-3-2-4-6-13)19-16(23)18-14-9-7-12(8-10-14)15(21)22/h12-14,20H,2-11H2,1H3,(H,21,22)(H2,18,19,23).